The van der Waals surface area contributed by atoms with Crippen LogP contribution in [0, 0.1) is 0 Å². The quantitative estimate of drug-likeness (QED) is 0.810. The van der Waals surface area contributed by atoms with Gasteiger partial charge in [-0.15, -0.1) is 0 Å². The van der Waals surface area contributed by atoms with Gasteiger partial charge in [0.1, 0.15) is 0 Å². The van der Waals surface area contributed by atoms with Crippen LogP contribution < -0.4 is 11.1 Å². The Balaban J connectivity index is 1.98. The first-order valence-corrected chi connectivity index (χ1v) is 8.90. The first-order chi connectivity index (χ1) is 9.69. The minimum Gasteiger partial charge on any atom is -0.398 e. The lowest BCUT2D eigenvalue weighted by molar-refractivity contribution is 0.769. The predicted octanol–water partition coefficient (Wildman–Crippen LogP) is 4.28. The first-order valence-electron chi connectivity index (χ1n) is 6.82. The zero-order valence-corrected chi connectivity index (χ0v) is 13.8. The number of nitrogens with zero attached hydrogens (tertiary/aromatic N) is 1. The number of rotatable bonds is 3. The molecule has 0 radical (unpaired) electrons. The smallest absolute Gasteiger partial charge is 0.0954 e. The van der Waals surface area contributed by atoms with Crippen molar-refractivity contribution in [1.82, 2.24) is 4.98 Å². The van der Waals surface area contributed by atoms with Crippen LogP contribution in [0.25, 0.3) is 10.9 Å². The number of nitrogen functional groups attached to an aromatic ring is 1. The maximum absolute atomic E-state index is 6.06. The van der Waals surface area contributed by atoms with Gasteiger partial charge in [0.2, 0.25) is 0 Å². The maximum Gasteiger partial charge on any atom is 0.0954 e. The summed E-state index contributed by atoms with van der Waals surface area (Å²) >= 11 is 5.41. The highest BCUT2D eigenvalue weighted by atomic mass is 79.9. The largest absolute Gasteiger partial charge is 0.398 e. The molecular formula is C15H18BrN3S. The molecule has 0 aliphatic heterocycles. The Hall–Kier alpha value is -0.940. The number of nitrogens with two attached hydrogens (primary N) is 1. The number of hydrogen-bond donors (Lipinski definition) is 2. The molecule has 2 atom stereocenters. The summed E-state index contributed by atoms with van der Waals surface area (Å²) < 4.78 is 0.955. The van der Waals surface area contributed by atoms with Crippen LogP contribution >= 0.6 is 27.7 Å². The van der Waals surface area contributed by atoms with Crippen LogP contribution in [0.3, 0.4) is 0 Å². The van der Waals surface area contributed by atoms with Crippen molar-refractivity contribution in [3.05, 3.63) is 28.9 Å². The van der Waals surface area contributed by atoms with E-state index in [0.717, 1.165) is 26.8 Å². The minimum absolute atomic E-state index is 0.530. The molecule has 0 amide bonds. The monoisotopic (exact) mass is 351 g/mol. The zero-order valence-electron chi connectivity index (χ0n) is 11.4. The molecule has 20 heavy (non-hydrogen) atoms. The second kappa shape index (κ2) is 5.82. The van der Waals surface area contributed by atoms with E-state index in [2.05, 4.69) is 32.5 Å². The van der Waals surface area contributed by atoms with Crippen LogP contribution in [0.4, 0.5) is 11.4 Å². The number of benzene rings is 1. The number of halogens is 1. The van der Waals surface area contributed by atoms with Crippen molar-refractivity contribution in [3.8, 4) is 0 Å². The van der Waals surface area contributed by atoms with Gasteiger partial charge in [0.05, 0.1) is 11.2 Å². The second-order valence-electron chi connectivity index (χ2n) is 5.21. The summed E-state index contributed by atoms with van der Waals surface area (Å²) in [6.45, 7) is 0. The normalized spacial score (nSPS) is 22.3. The Morgan fingerprint density at radius 1 is 1.40 bits per heavy atom. The molecule has 3 nitrogen and oxygen atoms in total. The third kappa shape index (κ3) is 2.61. The lowest BCUT2D eigenvalue weighted by Gasteiger charge is -2.21. The SMILES string of the molecule is CSC1CCCC1Nc1ccc(N)c2cc(Br)cnc12. The number of hydrogen-bond acceptors (Lipinski definition) is 4. The van der Waals surface area contributed by atoms with E-state index in [4.69, 9.17) is 5.73 Å². The average Bonchev–Trinajstić information content (AvgIpc) is 2.89. The van der Waals surface area contributed by atoms with Crippen LogP contribution in [-0.2, 0) is 0 Å². The van der Waals surface area contributed by atoms with Crippen molar-refractivity contribution in [2.24, 2.45) is 0 Å². The molecule has 5 heteroatoms. The molecule has 0 bridgehead atoms. The van der Waals surface area contributed by atoms with Crippen LogP contribution in [0.15, 0.2) is 28.9 Å². The Morgan fingerprint density at radius 3 is 3.05 bits per heavy atom. The van der Waals surface area contributed by atoms with E-state index < -0.39 is 0 Å². The van der Waals surface area contributed by atoms with Gasteiger partial charge in [0.25, 0.3) is 0 Å². The van der Waals surface area contributed by atoms with E-state index in [1.807, 2.05) is 36.2 Å². The molecule has 3 rings (SSSR count). The summed E-state index contributed by atoms with van der Waals surface area (Å²) in [7, 11) is 0. The van der Waals surface area contributed by atoms with Gasteiger partial charge in [0.15, 0.2) is 0 Å². The number of nitrogens with one attached hydrogen (secondary N) is 1. The highest BCUT2D eigenvalue weighted by Gasteiger charge is 2.26. The second-order valence-corrected chi connectivity index (χ2v) is 7.20. The summed E-state index contributed by atoms with van der Waals surface area (Å²) in [5.74, 6) is 0. The van der Waals surface area contributed by atoms with Crippen LogP contribution in [0.5, 0.6) is 0 Å². The fourth-order valence-electron chi connectivity index (χ4n) is 2.91. The van der Waals surface area contributed by atoms with Gasteiger partial charge in [0, 0.05) is 33.0 Å². The molecule has 1 saturated carbocycles. The van der Waals surface area contributed by atoms with Crippen molar-refractivity contribution < 1.29 is 0 Å². The molecule has 3 N–H and O–H groups in total. The predicted molar refractivity (Wildman–Crippen MR) is 92.4 cm³/mol. The summed E-state index contributed by atoms with van der Waals surface area (Å²) in [6.07, 6.45) is 7.85. The van der Waals surface area contributed by atoms with E-state index in [-0.39, 0.29) is 0 Å². The third-order valence-corrected chi connectivity index (χ3v) is 5.55. The average molecular weight is 352 g/mol. The summed E-state index contributed by atoms with van der Waals surface area (Å²) in [4.78, 5) is 4.54. The molecule has 1 aliphatic carbocycles. The molecule has 1 heterocycles. The molecule has 1 aromatic heterocycles. The lowest BCUT2D eigenvalue weighted by Crippen LogP contribution is -2.25. The third-order valence-electron chi connectivity index (χ3n) is 3.95. The Labute approximate surface area is 131 Å². The molecule has 106 valence electrons. The molecule has 1 fully saturated rings. The van der Waals surface area contributed by atoms with Crippen LogP contribution in [0.2, 0.25) is 0 Å². The Kier molecular flexibility index (Phi) is 4.08. The standard InChI is InChI=1S/C15H18BrN3S/c1-20-14-4-2-3-12(14)19-13-6-5-11(17)10-7-9(16)8-18-15(10)13/h5-8,12,14,19H,2-4,17H2,1H3. The molecule has 1 aliphatic rings. The first kappa shape index (κ1) is 14.0. The fourth-order valence-corrected chi connectivity index (χ4v) is 4.17. The van der Waals surface area contributed by atoms with Gasteiger partial charge in [-0.1, -0.05) is 6.42 Å². The van der Waals surface area contributed by atoms with Crippen LogP contribution in [0.1, 0.15) is 19.3 Å². The van der Waals surface area contributed by atoms with Crippen molar-refractivity contribution in [1.29, 1.82) is 0 Å². The van der Waals surface area contributed by atoms with E-state index in [9.17, 15) is 0 Å². The highest BCUT2D eigenvalue weighted by Crippen LogP contribution is 2.34. The molecule has 2 unspecified atom stereocenters. The van der Waals surface area contributed by atoms with Crippen LogP contribution in [-0.4, -0.2) is 22.5 Å². The number of pyridine rings is 1. The number of aromatic nitrogens is 1. The molecule has 1 aromatic carbocycles. The van der Waals surface area contributed by atoms with E-state index in [1.54, 1.807) is 0 Å². The fraction of sp³-hybridized carbons (Fsp3) is 0.400. The summed E-state index contributed by atoms with van der Waals surface area (Å²) in [5, 5.41) is 5.37. The van der Waals surface area contributed by atoms with Crippen molar-refractivity contribution in [3.63, 3.8) is 0 Å². The van der Waals surface area contributed by atoms with Gasteiger partial charge in [-0.25, -0.2) is 0 Å². The van der Waals surface area contributed by atoms with E-state index >= 15 is 0 Å². The highest BCUT2D eigenvalue weighted by molar-refractivity contribution is 9.10. The van der Waals surface area contributed by atoms with Crippen molar-refractivity contribution >= 4 is 50.0 Å². The molecule has 0 spiro atoms. The van der Waals surface area contributed by atoms with E-state index in [0.29, 0.717) is 11.3 Å². The van der Waals surface area contributed by atoms with Crippen molar-refractivity contribution in [2.75, 3.05) is 17.3 Å². The van der Waals surface area contributed by atoms with Gasteiger partial charge >= 0.3 is 0 Å². The zero-order chi connectivity index (χ0) is 14.1. The minimum atomic E-state index is 0.530. The molecule has 2 aromatic rings. The Bertz CT molecular complexity index is 632. The van der Waals surface area contributed by atoms with Gasteiger partial charge < -0.3 is 11.1 Å². The van der Waals surface area contributed by atoms with Gasteiger partial charge in [-0.05, 0) is 53.2 Å². The summed E-state index contributed by atoms with van der Waals surface area (Å²) in [6, 6.07) is 6.57. The Morgan fingerprint density at radius 2 is 2.25 bits per heavy atom. The molecular weight excluding hydrogens is 334 g/mol. The molecule has 0 saturated heterocycles. The van der Waals surface area contributed by atoms with E-state index in [1.165, 1.54) is 19.3 Å². The van der Waals surface area contributed by atoms with Crippen molar-refractivity contribution in [2.45, 2.75) is 30.6 Å². The summed E-state index contributed by atoms with van der Waals surface area (Å²) in [5.41, 5.74) is 8.88. The van der Waals surface area contributed by atoms with Gasteiger partial charge in [-0.2, -0.15) is 11.8 Å². The number of thioether (sulfide) groups is 1. The topological polar surface area (TPSA) is 50.9 Å². The van der Waals surface area contributed by atoms with Gasteiger partial charge in [-0.3, -0.25) is 4.98 Å². The maximum atomic E-state index is 6.06. The lowest BCUT2D eigenvalue weighted by atomic mass is 10.1. The number of fused-ring (bicyclic) bond motifs is 1. The number of anilines is 2.